The van der Waals surface area contributed by atoms with Gasteiger partial charge in [-0.15, -0.1) is 0 Å². The fourth-order valence-electron chi connectivity index (χ4n) is 2.68. The Bertz CT molecular complexity index is 694. The minimum atomic E-state index is -0.0792. The maximum Gasteiger partial charge on any atom is 0.209 e. The van der Waals surface area contributed by atoms with Crippen molar-refractivity contribution in [1.82, 2.24) is 4.57 Å². The van der Waals surface area contributed by atoms with Crippen LogP contribution < -0.4 is 0 Å². The van der Waals surface area contributed by atoms with E-state index in [1.54, 1.807) is 12.1 Å². The summed E-state index contributed by atoms with van der Waals surface area (Å²) in [5, 5.41) is 0. The van der Waals surface area contributed by atoms with Crippen LogP contribution in [0.2, 0.25) is 0 Å². The molecule has 3 heteroatoms. The van der Waals surface area contributed by atoms with Crippen molar-refractivity contribution in [2.24, 2.45) is 13.0 Å². The molecule has 0 N–H and O–H groups in total. The molecule has 0 spiro atoms. The fourth-order valence-corrected chi connectivity index (χ4v) is 2.68. The second-order valence-electron chi connectivity index (χ2n) is 5.71. The third-order valence-corrected chi connectivity index (χ3v) is 3.95. The normalized spacial score (nSPS) is 10.3. The summed E-state index contributed by atoms with van der Waals surface area (Å²) in [4.78, 5) is 25.1. The summed E-state index contributed by atoms with van der Waals surface area (Å²) < 4.78 is 1.83. The van der Waals surface area contributed by atoms with Crippen LogP contribution in [-0.2, 0) is 7.05 Å². The minimum absolute atomic E-state index is 0.0403. The van der Waals surface area contributed by atoms with Gasteiger partial charge in [0, 0.05) is 29.8 Å². The van der Waals surface area contributed by atoms with Crippen molar-refractivity contribution in [3.05, 3.63) is 58.4 Å². The van der Waals surface area contributed by atoms with Crippen LogP contribution in [0.15, 0.2) is 30.3 Å². The first-order valence-electron chi connectivity index (χ1n) is 8.16. The molecule has 1 heterocycles. The number of aromatic nitrogens is 1. The van der Waals surface area contributed by atoms with Crippen LogP contribution in [-0.4, -0.2) is 16.1 Å². The van der Waals surface area contributed by atoms with Crippen molar-refractivity contribution in [3.63, 3.8) is 0 Å². The summed E-state index contributed by atoms with van der Waals surface area (Å²) in [6.07, 6.45) is 0. The molecule has 0 aliphatic rings. The first-order chi connectivity index (χ1) is 10.9. The quantitative estimate of drug-likeness (QED) is 0.765. The van der Waals surface area contributed by atoms with E-state index in [2.05, 4.69) is 0 Å². The number of Topliss-reactive ketones (excluding diaryl/α,β-unsaturated/α-hetero) is 1. The van der Waals surface area contributed by atoms with Gasteiger partial charge < -0.3 is 4.57 Å². The van der Waals surface area contributed by atoms with Crippen LogP contribution in [0.1, 0.15) is 65.4 Å². The standard InChI is InChI=1S/C18H21NO2.C2H6/c1-11(2)17(20)15-12(3)16(19(5)13(15)4)18(21)14-9-7-6-8-10-14;1-2/h6-11H,1-5H3;1-2H3. The number of carbonyl (C=O) groups is 2. The van der Waals surface area contributed by atoms with E-state index in [1.165, 1.54) is 0 Å². The summed E-state index contributed by atoms with van der Waals surface area (Å²) in [6, 6.07) is 9.17. The highest BCUT2D eigenvalue weighted by atomic mass is 16.1. The molecule has 0 saturated carbocycles. The Morgan fingerprint density at radius 1 is 1.00 bits per heavy atom. The lowest BCUT2D eigenvalue weighted by atomic mass is 9.96. The molecule has 124 valence electrons. The Balaban J connectivity index is 0.00000127. The van der Waals surface area contributed by atoms with Gasteiger partial charge in [-0.05, 0) is 19.4 Å². The first kappa shape index (κ1) is 18.9. The molecule has 2 rings (SSSR count). The molecule has 0 aliphatic heterocycles. The Morgan fingerprint density at radius 2 is 1.52 bits per heavy atom. The van der Waals surface area contributed by atoms with E-state index in [4.69, 9.17) is 0 Å². The molecule has 0 atom stereocenters. The smallest absolute Gasteiger partial charge is 0.209 e. The van der Waals surface area contributed by atoms with Crippen molar-refractivity contribution >= 4 is 11.6 Å². The van der Waals surface area contributed by atoms with Gasteiger partial charge >= 0.3 is 0 Å². The highest BCUT2D eigenvalue weighted by molar-refractivity contribution is 6.11. The summed E-state index contributed by atoms with van der Waals surface area (Å²) in [5.74, 6) is -0.0290. The van der Waals surface area contributed by atoms with Crippen molar-refractivity contribution < 1.29 is 9.59 Å². The van der Waals surface area contributed by atoms with E-state index in [9.17, 15) is 9.59 Å². The maximum atomic E-state index is 12.7. The third-order valence-electron chi connectivity index (χ3n) is 3.95. The van der Waals surface area contributed by atoms with E-state index in [0.29, 0.717) is 16.8 Å². The maximum absolute atomic E-state index is 12.7. The van der Waals surface area contributed by atoms with Crippen molar-refractivity contribution in [3.8, 4) is 0 Å². The van der Waals surface area contributed by atoms with E-state index in [1.807, 2.05) is 71.4 Å². The first-order valence-corrected chi connectivity index (χ1v) is 8.16. The Hall–Kier alpha value is -2.16. The molecule has 1 aromatic carbocycles. The van der Waals surface area contributed by atoms with Crippen molar-refractivity contribution in [2.75, 3.05) is 0 Å². The molecule has 0 unspecified atom stereocenters. The molecule has 23 heavy (non-hydrogen) atoms. The Morgan fingerprint density at radius 3 is 2.00 bits per heavy atom. The largest absolute Gasteiger partial charge is 0.344 e. The molecule has 0 bridgehead atoms. The predicted octanol–water partition coefficient (Wildman–Crippen LogP) is 4.74. The number of hydrogen-bond acceptors (Lipinski definition) is 2. The third kappa shape index (κ3) is 3.61. The van der Waals surface area contributed by atoms with E-state index in [0.717, 1.165) is 11.3 Å². The van der Waals surface area contributed by atoms with Gasteiger partial charge in [0.05, 0.1) is 5.69 Å². The Labute approximate surface area is 139 Å². The molecule has 3 nitrogen and oxygen atoms in total. The van der Waals surface area contributed by atoms with Gasteiger partial charge in [0.1, 0.15) is 0 Å². The van der Waals surface area contributed by atoms with Gasteiger partial charge in [-0.2, -0.15) is 0 Å². The van der Waals surface area contributed by atoms with E-state index >= 15 is 0 Å². The van der Waals surface area contributed by atoms with Crippen LogP contribution >= 0.6 is 0 Å². The van der Waals surface area contributed by atoms with Gasteiger partial charge in [-0.25, -0.2) is 0 Å². The number of nitrogens with zero attached hydrogens (tertiary/aromatic N) is 1. The predicted molar refractivity (Wildman–Crippen MR) is 95.3 cm³/mol. The summed E-state index contributed by atoms with van der Waals surface area (Å²) in [5.41, 5.74) is 3.56. The minimum Gasteiger partial charge on any atom is -0.344 e. The Kier molecular flexibility index (Phi) is 6.49. The van der Waals surface area contributed by atoms with Gasteiger partial charge in [0.25, 0.3) is 0 Å². The zero-order valence-corrected chi connectivity index (χ0v) is 15.2. The highest BCUT2D eigenvalue weighted by Crippen LogP contribution is 2.25. The number of hydrogen-bond donors (Lipinski definition) is 0. The summed E-state index contributed by atoms with van der Waals surface area (Å²) in [6.45, 7) is 11.5. The van der Waals surface area contributed by atoms with Gasteiger partial charge in [0.15, 0.2) is 5.78 Å². The van der Waals surface area contributed by atoms with Crippen molar-refractivity contribution in [1.29, 1.82) is 0 Å². The number of carbonyl (C=O) groups excluding carboxylic acids is 2. The van der Waals surface area contributed by atoms with Crippen molar-refractivity contribution in [2.45, 2.75) is 41.5 Å². The topological polar surface area (TPSA) is 39.1 Å². The molecule has 1 aromatic heterocycles. The average molecular weight is 313 g/mol. The van der Waals surface area contributed by atoms with Crippen LogP contribution in [0.5, 0.6) is 0 Å². The zero-order valence-electron chi connectivity index (χ0n) is 15.2. The number of ketones is 2. The second-order valence-corrected chi connectivity index (χ2v) is 5.71. The zero-order chi connectivity index (χ0) is 17.7. The fraction of sp³-hybridized carbons (Fsp3) is 0.400. The summed E-state index contributed by atoms with van der Waals surface area (Å²) >= 11 is 0. The van der Waals surface area contributed by atoms with Crippen LogP contribution in [0.3, 0.4) is 0 Å². The van der Waals surface area contributed by atoms with E-state index < -0.39 is 0 Å². The SMILES string of the molecule is CC.Cc1c(C(=O)C(C)C)c(C)n(C)c1C(=O)c1ccccc1. The number of benzene rings is 1. The molecule has 0 radical (unpaired) electrons. The van der Waals surface area contributed by atoms with E-state index in [-0.39, 0.29) is 17.5 Å². The van der Waals surface area contributed by atoms with Crippen LogP contribution in [0.4, 0.5) is 0 Å². The van der Waals surface area contributed by atoms with Crippen LogP contribution in [0, 0.1) is 19.8 Å². The molecule has 0 fully saturated rings. The lowest BCUT2D eigenvalue weighted by Crippen LogP contribution is -2.10. The van der Waals surface area contributed by atoms with Gasteiger partial charge in [-0.3, -0.25) is 9.59 Å². The lowest BCUT2D eigenvalue weighted by Gasteiger charge is -2.05. The number of rotatable bonds is 4. The molecule has 0 saturated heterocycles. The molecule has 0 amide bonds. The molecular formula is C20H27NO2. The van der Waals surface area contributed by atoms with Crippen LogP contribution in [0.25, 0.3) is 0 Å². The lowest BCUT2D eigenvalue weighted by molar-refractivity contribution is 0.0938. The molecule has 0 aliphatic carbocycles. The highest BCUT2D eigenvalue weighted by Gasteiger charge is 2.26. The summed E-state index contributed by atoms with van der Waals surface area (Å²) in [7, 11) is 1.84. The molecular weight excluding hydrogens is 286 g/mol. The monoisotopic (exact) mass is 313 g/mol. The average Bonchev–Trinajstić information content (AvgIpc) is 2.78. The molecule has 2 aromatic rings. The van der Waals surface area contributed by atoms with Gasteiger partial charge in [0.2, 0.25) is 5.78 Å². The second kappa shape index (κ2) is 7.91. The van der Waals surface area contributed by atoms with Gasteiger partial charge in [-0.1, -0.05) is 58.0 Å².